The van der Waals surface area contributed by atoms with Crippen LogP contribution in [0.15, 0.2) is 36.9 Å². The number of carboxylic acid groups (broad SMARTS) is 1. The first-order valence-corrected chi connectivity index (χ1v) is 6.29. The highest BCUT2D eigenvalue weighted by molar-refractivity contribution is 5.84. The lowest BCUT2D eigenvalue weighted by atomic mass is 10.1. The third-order valence-corrected chi connectivity index (χ3v) is 2.64. The Morgan fingerprint density at radius 1 is 1.40 bits per heavy atom. The van der Waals surface area contributed by atoms with Crippen LogP contribution in [-0.2, 0) is 20.7 Å². The first kappa shape index (κ1) is 15.9. The second-order valence-corrected chi connectivity index (χ2v) is 4.45. The number of rotatable bonds is 8. The Morgan fingerprint density at radius 2 is 2.05 bits per heavy atom. The predicted molar refractivity (Wildman–Crippen MR) is 75.5 cm³/mol. The van der Waals surface area contributed by atoms with Crippen molar-refractivity contribution >= 4 is 11.9 Å². The monoisotopic (exact) mass is 277 g/mol. The molecule has 0 bridgehead atoms. The zero-order valence-electron chi connectivity index (χ0n) is 11.5. The number of carboxylic acids is 1. The van der Waals surface area contributed by atoms with Gasteiger partial charge in [0.2, 0.25) is 5.91 Å². The molecule has 1 aromatic carbocycles. The standard InChI is InChI=1S/C15H19NO4/c1-3-8-20-10-13(15(18)19)16-14(17)9-12-6-4-11(2)5-7-12/h3-7,13H,1,8-10H2,2H3,(H,16,17)(H,18,19). The van der Waals surface area contributed by atoms with Crippen molar-refractivity contribution in [2.75, 3.05) is 13.2 Å². The molecule has 0 aliphatic carbocycles. The summed E-state index contributed by atoms with van der Waals surface area (Å²) < 4.78 is 5.06. The second kappa shape index (κ2) is 8.12. The number of benzene rings is 1. The maximum absolute atomic E-state index is 11.8. The fourth-order valence-electron chi connectivity index (χ4n) is 1.58. The summed E-state index contributed by atoms with van der Waals surface area (Å²) in [7, 11) is 0. The van der Waals surface area contributed by atoms with Crippen LogP contribution < -0.4 is 5.32 Å². The molecule has 0 aromatic heterocycles. The molecule has 5 heteroatoms. The van der Waals surface area contributed by atoms with E-state index in [1.807, 2.05) is 31.2 Å². The number of ether oxygens (including phenoxy) is 1. The summed E-state index contributed by atoms with van der Waals surface area (Å²) in [5.41, 5.74) is 1.94. The Balaban J connectivity index is 2.50. The van der Waals surface area contributed by atoms with E-state index in [0.29, 0.717) is 0 Å². The van der Waals surface area contributed by atoms with E-state index in [4.69, 9.17) is 9.84 Å². The number of nitrogens with one attached hydrogen (secondary N) is 1. The second-order valence-electron chi connectivity index (χ2n) is 4.45. The van der Waals surface area contributed by atoms with Crippen LogP contribution >= 0.6 is 0 Å². The maximum atomic E-state index is 11.8. The molecule has 0 spiro atoms. The first-order valence-electron chi connectivity index (χ1n) is 6.29. The molecule has 1 amide bonds. The largest absolute Gasteiger partial charge is 0.480 e. The van der Waals surface area contributed by atoms with Crippen molar-refractivity contribution in [3.8, 4) is 0 Å². The van der Waals surface area contributed by atoms with Crippen LogP contribution in [0.2, 0.25) is 0 Å². The zero-order valence-corrected chi connectivity index (χ0v) is 11.5. The number of hydrogen-bond acceptors (Lipinski definition) is 3. The lowest BCUT2D eigenvalue weighted by molar-refractivity contribution is -0.143. The Bertz CT molecular complexity index is 467. The highest BCUT2D eigenvalue weighted by Gasteiger charge is 2.19. The molecule has 5 nitrogen and oxygen atoms in total. The van der Waals surface area contributed by atoms with Crippen molar-refractivity contribution in [2.24, 2.45) is 0 Å². The van der Waals surface area contributed by atoms with E-state index in [2.05, 4.69) is 11.9 Å². The fraction of sp³-hybridized carbons (Fsp3) is 0.333. The molecule has 108 valence electrons. The quantitative estimate of drug-likeness (QED) is 0.555. The van der Waals surface area contributed by atoms with Crippen LogP contribution in [0.5, 0.6) is 0 Å². The summed E-state index contributed by atoms with van der Waals surface area (Å²) in [5.74, 6) is -1.46. The molecule has 2 N–H and O–H groups in total. The fourth-order valence-corrected chi connectivity index (χ4v) is 1.58. The van der Waals surface area contributed by atoms with Crippen LogP contribution in [0.4, 0.5) is 0 Å². The highest BCUT2D eigenvalue weighted by Crippen LogP contribution is 2.04. The summed E-state index contributed by atoms with van der Waals surface area (Å²) in [6.07, 6.45) is 1.67. The molecule has 1 atom stereocenters. The average Bonchev–Trinajstić information content (AvgIpc) is 2.40. The van der Waals surface area contributed by atoms with Crippen LogP contribution in [0.1, 0.15) is 11.1 Å². The Kier molecular flexibility index (Phi) is 6.46. The molecular weight excluding hydrogens is 258 g/mol. The molecule has 0 fully saturated rings. The Hall–Kier alpha value is -2.14. The number of carbonyl (C=O) groups is 2. The van der Waals surface area contributed by atoms with Crippen molar-refractivity contribution < 1.29 is 19.4 Å². The minimum absolute atomic E-state index is 0.0824. The van der Waals surface area contributed by atoms with E-state index >= 15 is 0 Å². The van der Waals surface area contributed by atoms with Gasteiger partial charge < -0.3 is 15.2 Å². The Morgan fingerprint density at radius 3 is 2.60 bits per heavy atom. The number of aliphatic carboxylic acids is 1. The van der Waals surface area contributed by atoms with Gasteiger partial charge in [-0.05, 0) is 12.5 Å². The van der Waals surface area contributed by atoms with Gasteiger partial charge in [-0.2, -0.15) is 0 Å². The van der Waals surface area contributed by atoms with Crippen molar-refractivity contribution in [3.05, 3.63) is 48.0 Å². The molecular formula is C15H19NO4. The molecule has 20 heavy (non-hydrogen) atoms. The van der Waals surface area contributed by atoms with Gasteiger partial charge in [-0.25, -0.2) is 4.79 Å². The van der Waals surface area contributed by atoms with Gasteiger partial charge in [0.25, 0.3) is 0 Å². The van der Waals surface area contributed by atoms with E-state index in [-0.39, 0.29) is 25.5 Å². The van der Waals surface area contributed by atoms with E-state index in [9.17, 15) is 9.59 Å². The summed E-state index contributed by atoms with van der Waals surface area (Å²) in [4.78, 5) is 22.8. The first-order chi connectivity index (χ1) is 9.52. The number of carbonyl (C=O) groups excluding carboxylic acids is 1. The number of amides is 1. The van der Waals surface area contributed by atoms with E-state index in [0.717, 1.165) is 11.1 Å². The molecule has 0 saturated carbocycles. The van der Waals surface area contributed by atoms with Crippen molar-refractivity contribution in [3.63, 3.8) is 0 Å². The van der Waals surface area contributed by atoms with Crippen LogP contribution in [0.3, 0.4) is 0 Å². The lowest BCUT2D eigenvalue weighted by Crippen LogP contribution is -2.44. The van der Waals surface area contributed by atoms with Gasteiger partial charge in [-0.3, -0.25) is 4.79 Å². The van der Waals surface area contributed by atoms with Gasteiger partial charge in [0, 0.05) is 0 Å². The topological polar surface area (TPSA) is 75.6 Å². The minimum Gasteiger partial charge on any atom is -0.480 e. The van der Waals surface area contributed by atoms with Gasteiger partial charge in [0.1, 0.15) is 0 Å². The van der Waals surface area contributed by atoms with Crippen molar-refractivity contribution in [1.29, 1.82) is 0 Å². The molecule has 0 heterocycles. The summed E-state index contributed by atoms with van der Waals surface area (Å²) in [6, 6.07) is 6.46. The number of hydrogen-bond donors (Lipinski definition) is 2. The molecule has 0 radical (unpaired) electrons. The maximum Gasteiger partial charge on any atom is 0.328 e. The minimum atomic E-state index is -1.12. The average molecular weight is 277 g/mol. The van der Waals surface area contributed by atoms with Crippen LogP contribution in [0.25, 0.3) is 0 Å². The smallest absolute Gasteiger partial charge is 0.328 e. The van der Waals surface area contributed by atoms with Gasteiger partial charge in [-0.15, -0.1) is 6.58 Å². The number of aryl methyl sites for hydroxylation is 1. The van der Waals surface area contributed by atoms with Crippen LogP contribution in [-0.4, -0.2) is 36.2 Å². The Labute approximate surface area is 118 Å². The summed E-state index contributed by atoms with van der Waals surface area (Å²) in [6.45, 7) is 5.59. The molecule has 0 aliphatic rings. The van der Waals surface area contributed by atoms with E-state index in [1.54, 1.807) is 0 Å². The third kappa shape index (κ3) is 5.67. The normalized spacial score (nSPS) is 11.7. The lowest BCUT2D eigenvalue weighted by Gasteiger charge is -2.14. The van der Waals surface area contributed by atoms with Crippen molar-refractivity contribution in [1.82, 2.24) is 5.32 Å². The van der Waals surface area contributed by atoms with Gasteiger partial charge >= 0.3 is 5.97 Å². The summed E-state index contributed by atoms with van der Waals surface area (Å²) in [5, 5.41) is 11.4. The molecule has 1 unspecified atom stereocenters. The molecule has 1 aromatic rings. The molecule has 0 aliphatic heterocycles. The molecule has 1 rings (SSSR count). The zero-order chi connectivity index (χ0) is 15.0. The van der Waals surface area contributed by atoms with E-state index in [1.165, 1.54) is 6.08 Å². The predicted octanol–water partition coefficient (Wildman–Crippen LogP) is 1.31. The highest BCUT2D eigenvalue weighted by atomic mass is 16.5. The van der Waals surface area contributed by atoms with Gasteiger partial charge in [0.15, 0.2) is 6.04 Å². The molecule has 0 saturated heterocycles. The van der Waals surface area contributed by atoms with E-state index < -0.39 is 12.0 Å². The van der Waals surface area contributed by atoms with Crippen molar-refractivity contribution in [2.45, 2.75) is 19.4 Å². The van der Waals surface area contributed by atoms with Gasteiger partial charge in [0.05, 0.1) is 19.6 Å². The summed E-state index contributed by atoms with van der Waals surface area (Å²) >= 11 is 0. The van der Waals surface area contributed by atoms with Gasteiger partial charge in [-0.1, -0.05) is 35.9 Å². The van der Waals surface area contributed by atoms with Crippen LogP contribution in [0, 0.1) is 6.92 Å². The SMILES string of the molecule is C=CCOCC(NC(=O)Cc1ccc(C)cc1)C(=O)O. The third-order valence-electron chi connectivity index (χ3n) is 2.64.